The van der Waals surface area contributed by atoms with Gasteiger partial charge in [0.05, 0.1) is 34.3 Å². The minimum absolute atomic E-state index is 0.128. The SMILES string of the molecule is CCc1cc(O[Si](C)(C)C(C)(C)C)ccc1N=C(N)c1cnn2cccc2c1NC1C2CC3CC1CC(O)(C3)C2. The zero-order valence-electron chi connectivity index (χ0n) is 24.9. The van der Waals surface area contributed by atoms with Crippen LogP contribution in [-0.4, -0.2) is 40.5 Å². The van der Waals surface area contributed by atoms with E-state index in [1.54, 1.807) is 0 Å². The van der Waals surface area contributed by atoms with Crippen molar-refractivity contribution in [3.8, 4) is 5.75 Å². The third kappa shape index (κ3) is 4.83. The van der Waals surface area contributed by atoms with Crippen molar-refractivity contribution in [3.63, 3.8) is 0 Å². The number of aliphatic hydroxyl groups is 1. The van der Waals surface area contributed by atoms with E-state index in [4.69, 9.17) is 15.2 Å². The Balaban J connectivity index is 1.33. The van der Waals surface area contributed by atoms with Crippen LogP contribution in [0.3, 0.4) is 0 Å². The van der Waals surface area contributed by atoms with Crippen molar-refractivity contribution in [2.24, 2.45) is 28.5 Å². The molecule has 4 fully saturated rings. The molecule has 40 heavy (non-hydrogen) atoms. The first kappa shape index (κ1) is 27.3. The highest BCUT2D eigenvalue weighted by Crippen LogP contribution is 2.56. The molecule has 214 valence electrons. The van der Waals surface area contributed by atoms with E-state index in [9.17, 15) is 5.11 Å². The summed E-state index contributed by atoms with van der Waals surface area (Å²) in [5.41, 5.74) is 11.1. The van der Waals surface area contributed by atoms with Gasteiger partial charge in [0.15, 0.2) is 0 Å². The molecule has 4 aliphatic carbocycles. The van der Waals surface area contributed by atoms with Crippen LogP contribution in [0.5, 0.6) is 5.75 Å². The second-order valence-corrected chi connectivity index (χ2v) is 18.9. The van der Waals surface area contributed by atoms with Crippen LogP contribution in [0.1, 0.15) is 70.9 Å². The molecule has 2 unspecified atom stereocenters. The number of rotatable bonds is 7. The summed E-state index contributed by atoms with van der Waals surface area (Å²) < 4.78 is 8.46. The zero-order chi connectivity index (χ0) is 28.4. The second-order valence-electron chi connectivity index (χ2n) is 14.1. The summed E-state index contributed by atoms with van der Waals surface area (Å²) in [4.78, 5) is 4.95. The summed E-state index contributed by atoms with van der Waals surface area (Å²) in [6, 6.07) is 10.6. The van der Waals surface area contributed by atoms with Crippen molar-refractivity contribution in [2.45, 2.75) is 96.0 Å². The summed E-state index contributed by atoms with van der Waals surface area (Å²) in [5.74, 6) is 2.97. The number of anilines is 1. The van der Waals surface area contributed by atoms with E-state index in [-0.39, 0.29) is 5.04 Å². The minimum Gasteiger partial charge on any atom is -0.543 e. The largest absolute Gasteiger partial charge is 0.543 e. The first-order valence-electron chi connectivity index (χ1n) is 15.0. The molecular formula is C32H45N5O2Si. The van der Waals surface area contributed by atoms with Gasteiger partial charge in [0, 0.05) is 12.2 Å². The Morgan fingerprint density at radius 3 is 2.58 bits per heavy atom. The standard InChI is InChI=1S/C32H45N5O2Si/c1-7-21-15-24(39-40(5,6)31(2,3)4)10-11-26(21)35-30(33)25-19-34-37-12-8-9-27(37)29(25)36-28-22-13-20-14-23(28)18-32(38,16-20)17-22/h8-12,15,19-20,22-23,28,36,38H,7,13-14,16-18H2,1-6H3,(H2,33,35). The number of aliphatic imine (C=N–C) groups is 1. The number of amidine groups is 1. The van der Waals surface area contributed by atoms with Crippen LogP contribution < -0.4 is 15.5 Å². The van der Waals surface area contributed by atoms with Crippen LogP contribution in [-0.2, 0) is 6.42 Å². The second kappa shape index (κ2) is 9.62. The topological polar surface area (TPSA) is 97.2 Å². The fourth-order valence-corrected chi connectivity index (χ4v) is 8.40. The summed E-state index contributed by atoms with van der Waals surface area (Å²) >= 11 is 0. The molecule has 4 aliphatic rings. The van der Waals surface area contributed by atoms with Crippen LogP contribution in [0.15, 0.2) is 47.7 Å². The number of nitrogens with one attached hydrogen (secondary N) is 1. The van der Waals surface area contributed by atoms with E-state index in [2.05, 4.69) is 63.3 Å². The van der Waals surface area contributed by atoms with Crippen LogP contribution in [0.4, 0.5) is 11.4 Å². The third-order valence-electron chi connectivity index (χ3n) is 10.2. The molecule has 1 aromatic carbocycles. The Bertz CT molecular complexity index is 1440. The molecule has 7 rings (SSSR count). The molecule has 0 radical (unpaired) electrons. The third-order valence-corrected chi connectivity index (χ3v) is 14.6. The Hall–Kier alpha value is -2.84. The van der Waals surface area contributed by atoms with Crippen LogP contribution >= 0.6 is 0 Å². The van der Waals surface area contributed by atoms with Crippen LogP contribution in [0, 0.1) is 17.8 Å². The molecule has 3 aromatic rings. The van der Waals surface area contributed by atoms with Crippen LogP contribution in [0.25, 0.3) is 5.52 Å². The van der Waals surface area contributed by atoms with E-state index in [0.29, 0.717) is 29.6 Å². The summed E-state index contributed by atoms with van der Waals surface area (Å²) in [6.07, 6.45) is 9.78. The average Bonchev–Trinajstić information content (AvgIpc) is 3.34. The average molecular weight is 560 g/mol. The van der Waals surface area contributed by atoms with Gasteiger partial charge in [-0.1, -0.05) is 27.7 Å². The molecule has 4 saturated carbocycles. The number of hydrogen-bond donors (Lipinski definition) is 3. The van der Waals surface area contributed by atoms with Crippen molar-refractivity contribution in [3.05, 3.63) is 53.9 Å². The molecule has 7 nitrogen and oxygen atoms in total. The summed E-state index contributed by atoms with van der Waals surface area (Å²) in [5, 5.41) is 19.8. The van der Waals surface area contributed by atoms with Crippen LogP contribution in [0.2, 0.25) is 18.1 Å². The first-order valence-corrected chi connectivity index (χ1v) is 17.9. The molecule has 2 aromatic heterocycles. The molecule has 0 spiro atoms. The molecule has 8 heteroatoms. The number of aryl methyl sites for hydroxylation is 1. The van der Waals surface area contributed by atoms with E-state index in [1.807, 2.05) is 35.1 Å². The van der Waals surface area contributed by atoms with Gasteiger partial charge in [-0.25, -0.2) is 9.51 Å². The minimum atomic E-state index is -1.94. The summed E-state index contributed by atoms with van der Waals surface area (Å²) in [7, 11) is -1.94. The van der Waals surface area contributed by atoms with E-state index >= 15 is 0 Å². The lowest BCUT2D eigenvalue weighted by Crippen LogP contribution is -2.59. The monoisotopic (exact) mass is 559 g/mol. The van der Waals surface area contributed by atoms with Crippen molar-refractivity contribution in [1.82, 2.24) is 9.61 Å². The van der Waals surface area contributed by atoms with E-state index in [0.717, 1.165) is 59.5 Å². The van der Waals surface area contributed by atoms with Crippen molar-refractivity contribution >= 4 is 31.0 Å². The Kier molecular flexibility index (Phi) is 6.57. The number of aromatic nitrogens is 2. The maximum Gasteiger partial charge on any atom is 0.250 e. The van der Waals surface area contributed by atoms with Gasteiger partial charge in [0.25, 0.3) is 0 Å². The quantitative estimate of drug-likeness (QED) is 0.171. The fraction of sp³-hybridized carbons (Fsp3) is 0.562. The molecule has 0 amide bonds. The zero-order valence-corrected chi connectivity index (χ0v) is 25.9. The van der Waals surface area contributed by atoms with Crippen molar-refractivity contribution < 1.29 is 9.53 Å². The maximum atomic E-state index is 11.1. The number of hydrogen-bond acceptors (Lipinski definition) is 5. The first-order chi connectivity index (χ1) is 18.9. The van der Waals surface area contributed by atoms with Gasteiger partial charge in [0.1, 0.15) is 11.6 Å². The smallest absolute Gasteiger partial charge is 0.250 e. The maximum absolute atomic E-state index is 11.1. The number of fused-ring (bicyclic) bond motifs is 1. The van der Waals surface area contributed by atoms with Gasteiger partial charge in [0.2, 0.25) is 8.32 Å². The van der Waals surface area contributed by atoms with Gasteiger partial charge in [-0.15, -0.1) is 0 Å². The lowest BCUT2D eigenvalue weighted by atomic mass is 9.52. The molecule has 0 saturated heterocycles. The summed E-state index contributed by atoms with van der Waals surface area (Å²) in [6.45, 7) is 13.4. The molecule has 0 aliphatic heterocycles. The molecular weight excluding hydrogens is 514 g/mol. The van der Waals surface area contributed by atoms with Gasteiger partial charge >= 0.3 is 0 Å². The number of nitrogens with two attached hydrogens (primary N) is 1. The Labute approximate surface area is 239 Å². The predicted molar refractivity (Wildman–Crippen MR) is 165 cm³/mol. The Morgan fingerprint density at radius 2 is 1.93 bits per heavy atom. The van der Waals surface area contributed by atoms with Gasteiger partial charge < -0.3 is 20.6 Å². The normalized spacial score (nSPS) is 28.3. The molecule has 2 atom stereocenters. The highest BCUT2D eigenvalue weighted by Gasteiger charge is 2.54. The lowest BCUT2D eigenvalue weighted by molar-refractivity contribution is -0.129. The predicted octanol–water partition coefficient (Wildman–Crippen LogP) is 6.67. The molecule has 2 heterocycles. The van der Waals surface area contributed by atoms with Crippen molar-refractivity contribution in [1.29, 1.82) is 0 Å². The molecule has 4 bridgehead atoms. The Morgan fingerprint density at radius 1 is 1.20 bits per heavy atom. The van der Waals surface area contributed by atoms with E-state index in [1.165, 1.54) is 12.8 Å². The van der Waals surface area contributed by atoms with Gasteiger partial charge in [-0.2, -0.15) is 5.10 Å². The highest BCUT2D eigenvalue weighted by molar-refractivity contribution is 6.74. The highest BCUT2D eigenvalue weighted by atomic mass is 28.4. The van der Waals surface area contributed by atoms with Gasteiger partial charge in [-0.05, 0) is 110 Å². The fourth-order valence-electron chi connectivity index (χ4n) is 7.38. The lowest BCUT2D eigenvalue weighted by Gasteiger charge is -2.58. The van der Waals surface area contributed by atoms with E-state index < -0.39 is 13.9 Å². The number of nitrogens with zero attached hydrogens (tertiary/aromatic N) is 3. The van der Waals surface area contributed by atoms with Gasteiger partial charge in [-0.3, -0.25) is 0 Å². The molecule has 4 N–H and O–H groups in total. The number of benzene rings is 1. The van der Waals surface area contributed by atoms with Crippen molar-refractivity contribution in [2.75, 3.05) is 5.32 Å².